The number of rotatable bonds is 5. The molecule has 0 saturated carbocycles. The summed E-state index contributed by atoms with van der Waals surface area (Å²) in [7, 11) is 0. The third-order valence-corrected chi connectivity index (χ3v) is 2.92. The van der Waals surface area contributed by atoms with Crippen molar-refractivity contribution in [2.45, 2.75) is 6.42 Å². The van der Waals surface area contributed by atoms with Gasteiger partial charge in [0.1, 0.15) is 22.8 Å². The minimum absolute atomic E-state index is 0.0773. The van der Waals surface area contributed by atoms with E-state index in [-0.39, 0.29) is 40.7 Å². The van der Waals surface area contributed by atoms with E-state index in [1.807, 2.05) is 0 Å². The van der Waals surface area contributed by atoms with Gasteiger partial charge in [-0.15, -0.1) is 11.6 Å². The number of alkyl halides is 1. The smallest absolute Gasteiger partial charge is 0.243 e. The number of nitrogens with one attached hydrogen (secondary N) is 1. The van der Waals surface area contributed by atoms with Gasteiger partial charge in [-0.05, 0) is 24.3 Å². The summed E-state index contributed by atoms with van der Waals surface area (Å²) in [5.41, 5.74) is 0. The summed E-state index contributed by atoms with van der Waals surface area (Å²) >= 11 is 11.6. The summed E-state index contributed by atoms with van der Waals surface area (Å²) in [6, 6.07) is 6.04. The van der Waals surface area contributed by atoms with Gasteiger partial charge in [-0.3, -0.25) is 4.79 Å². The fourth-order valence-electron chi connectivity index (χ4n) is 1.42. The first-order valence-corrected chi connectivity index (χ1v) is 6.84. The van der Waals surface area contributed by atoms with Gasteiger partial charge in [0.2, 0.25) is 11.8 Å². The van der Waals surface area contributed by atoms with Crippen molar-refractivity contribution in [2.75, 3.05) is 11.2 Å². The van der Waals surface area contributed by atoms with Crippen molar-refractivity contribution in [1.82, 2.24) is 9.97 Å². The van der Waals surface area contributed by atoms with Gasteiger partial charge < -0.3 is 15.2 Å². The Balaban J connectivity index is 2.17. The highest BCUT2D eigenvalue weighted by molar-refractivity contribution is 6.34. The number of anilines is 1. The van der Waals surface area contributed by atoms with Crippen molar-refractivity contribution in [2.24, 2.45) is 0 Å². The number of aromatic nitrogens is 2. The SMILES string of the molecule is O=C(CCCl)Nc1ncnc(Oc2ccc(O)cc2)c1Cl. The van der Waals surface area contributed by atoms with Gasteiger partial charge in [0, 0.05) is 12.3 Å². The molecule has 0 fully saturated rings. The number of nitrogens with zero attached hydrogens (tertiary/aromatic N) is 2. The van der Waals surface area contributed by atoms with E-state index in [1.165, 1.54) is 18.5 Å². The van der Waals surface area contributed by atoms with E-state index >= 15 is 0 Å². The van der Waals surface area contributed by atoms with E-state index in [4.69, 9.17) is 27.9 Å². The van der Waals surface area contributed by atoms with Crippen LogP contribution in [0.2, 0.25) is 5.02 Å². The highest BCUT2D eigenvalue weighted by Crippen LogP contribution is 2.31. The molecule has 0 radical (unpaired) electrons. The minimum Gasteiger partial charge on any atom is -0.508 e. The number of hydrogen-bond donors (Lipinski definition) is 2. The fourth-order valence-corrected chi connectivity index (χ4v) is 1.77. The molecule has 0 aliphatic carbocycles. The molecule has 2 N–H and O–H groups in total. The van der Waals surface area contributed by atoms with Gasteiger partial charge in [-0.25, -0.2) is 4.98 Å². The quantitative estimate of drug-likeness (QED) is 0.824. The molecule has 1 aromatic heterocycles. The zero-order chi connectivity index (χ0) is 15.2. The molecule has 0 spiro atoms. The summed E-state index contributed by atoms with van der Waals surface area (Å²) in [6.07, 6.45) is 1.37. The molecular weight excluding hydrogens is 317 g/mol. The predicted octanol–water partition coefficient (Wildman–Crippen LogP) is 3.20. The van der Waals surface area contributed by atoms with Crippen LogP contribution in [0.4, 0.5) is 5.82 Å². The summed E-state index contributed by atoms with van der Waals surface area (Å²) in [5, 5.41) is 11.8. The van der Waals surface area contributed by atoms with Crippen molar-refractivity contribution in [3.8, 4) is 17.4 Å². The molecule has 0 atom stereocenters. The Bertz CT molecular complexity index is 635. The van der Waals surface area contributed by atoms with Crippen LogP contribution >= 0.6 is 23.2 Å². The van der Waals surface area contributed by atoms with Gasteiger partial charge in [-0.1, -0.05) is 11.6 Å². The lowest BCUT2D eigenvalue weighted by Crippen LogP contribution is -2.13. The van der Waals surface area contributed by atoms with Gasteiger partial charge in [0.15, 0.2) is 5.82 Å². The van der Waals surface area contributed by atoms with Gasteiger partial charge >= 0.3 is 0 Å². The lowest BCUT2D eigenvalue weighted by atomic mass is 10.3. The van der Waals surface area contributed by atoms with Gasteiger partial charge in [-0.2, -0.15) is 4.98 Å². The van der Waals surface area contributed by atoms with Crippen LogP contribution < -0.4 is 10.1 Å². The Morgan fingerprint density at radius 1 is 1.29 bits per heavy atom. The van der Waals surface area contributed by atoms with Crippen molar-refractivity contribution in [1.29, 1.82) is 0 Å². The normalized spacial score (nSPS) is 10.2. The largest absolute Gasteiger partial charge is 0.508 e. The maximum absolute atomic E-state index is 11.5. The summed E-state index contributed by atoms with van der Waals surface area (Å²) in [4.78, 5) is 19.3. The maximum Gasteiger partial charge on any atom is 0.243 e. The van der Waals surface area contributed by atoms with Crippen molar-refractivity contribution >= 4 is 34.9 Å². The average Bonchev–Trinajstić information content (AvgIpc) is 2.46. The second-order valence-electron chi connectivity index (χ2n) is 3.92. The summed E-state index contributed by atoms with van der Waals surface area (Å²) < 4.78 is 5.47. The number of amides is 1. The molecule has 6 nitrogen and oxygen atoms in total. The van der Waals surface area contributed by atoms with Crippen molar-refractivity contribution in [3.63, 3.8) is 0 Å². The molecule has 8 heteroatoms. The molecule has 0 saturated heterocycles. The summed E-state index contributed by atoms with van der Waals surface area (Å²) in [6.45, 7) is 0. The molecule has 0 aliphatic heterocycles. The second-order valence-corrected chi connectivity index (χ2v) is 4.68. The first-order chi connectivity index (χ1) is 10.1. The number of carbonyl (C=O) groups is 1. The van der Waals surface area contributed by atoms with E-state index in [2.05, 4.69) is 15.3 Å². The number of benzene rings is 1. The maximum atomic E-state index is 11.5. The van der Waals surface area contributed by atoms with Crippen LogP contribution in [0.1, 0.15) is 6.42 Å². The molecule has 110 valence electrons. The van der Waals surface area contributed by atoms with Crippen molar-refractivity contribution in [3.05, 3.63) is 35.6 Å². The second kappa shape index (κ2) is 7.10. The van der Waals surface area contributed by atoms with Crippen molar-refractivity contribution < 1.29 is 14.6 Å². The zero-order valence-electron chi connectivity index (χ0n) is 10.7. The Morgan fingerprint density at radius 3 is 2.67 bits per heavy atom. The Hall–Kier alpha value is -2.05. The molecule has 1 heterocycles. The van der Waals surface area contributed by atoms with Crippen LogP contribution in [0.5, 0.6) is 17.4 Å². The molecule has 2 aromatic rings. The molecule has 2 rings (SSSR count). The van der Waals surface area contributed by atoms with Crippen LogP contribution in [0, 0.1) is 0 Å². The van der Waals surface area contributed by atoms with Crippen LogP contribution in [-0.2, 0) is 4.79 Å². The minimum atomic E-state index is -0.304. The first-order valence-electron chi connectivity index (χ1n) is 5.93. The molecule has 1 amide bonds. The number of phenols is 1. The standard InChI is InChI=1S/C13H11Cl2N3O3/c14-6-5-10(20)18-12-11(15)13(17-7-16-12)21-9-3-1-8(19)2-4-9/h1-4,7,19H,5-6H2,(H,16,17,18,20). The van der Waals surface area contributed by atoms with Crippen LogP contribution in [0.3, 0.4) is 0 Å². The number of halogens is 2. The molecule has 21 heavy (non-hydrogen) atoms. The molecule has 1 aromatic carbocycles. The Morgan fingerprint density at radius 2 is 2.00 bits per heavy atom. The van der Waals surface area contributed by atoms with Crippen LogP contribution in [-0.4, -0.2) is 26.9 Å². The third-order valence-electron chi connectivity index (χ3n) is 2.39. The highest BCUT2D eigenvalue weighted by atomic mass is 35.5. The first kappa shape index (κ1) is 15.3. The van der Waals surface area contributed by atoms with E-state index in [0.717, 1.165) is 0 Å². The number of carbonyl (C=O) groups excluding carboxylic acids is 1. The van der Waals surface area contributed by atoms with E-state index in [0.29, 0.717) is 5.75 Å². The molecule has 0 unspecified atom stereocenters. The van der Waals surface area contributed by atoms with Gasteiger partial charge in [0.25, 0.3) is 0 Å². The van der Waals surface area contributed by atoms with Crippen LogP contribution in [0.15, 0.2) is 30.6 Å². The molecular formula is C13H11Cl2N3O3. The zero-order valence-corrected chi connectivity index (χ0v) is 12.2. The Labute approximate surface area is 130 Å². The lowest BCUT2D eigenvalue weighted by molar-refractivity contribution is -0.115. The third kappa shape index (κ3) is 4.21. The molecule has 0 aliphatic rings. The topological polar surface area (TPSA) is 84.3 Å². The lowest BCUT2D eigenvalue weighted by Gasteiger charge is -2.09. The number of phenolic OH excluding ortho intramolecular Hbond substituents is 1. The highest BCUT2D eigenvalue weighted by Gasteiger charge is 2.13. The predicted molar refractivity (Wildman–Crippen MR) is 79.2 cm³/mol. The fraction of sp³-hybridized carbons (Fsp3) is 0.154. The average molecular weight is 328 g/mol. The number of aromatic hydroxyl groups is 1. The Kier molecular flexibility index (Phi) is 5.19. The van der Waals surface area contributed by atoms with Gasteiger partial charge in [0.05, 0.1) is 0 Å². The van der Waals surface area contributed by atoms with Crippen LogP contribution in [0.25, 0.3) is 0 Å². The monoisotopic (exact) mass is 327 g/mol. The summed E-state index contributed by atoms with van der Waals surface area (Å²) in [5.74, 6) is 0.692. The molecule has 0 bridgehead atoms. The number of hydrogen-bond acceptors (Lipinski definition) is 5. The number of ether oxygens (including phenoxy) is 1. The van der Waals surface area contributed by atoms with E-state index in [9.17, 15) is 9.90 Å². The van der Waals surface area contributed by atoms with E-state index in [1.54, 1.807) is 12.1 Å². The van der Waals surface area contributed by atoms with E-state index < -0.39 is 0 Å².